The van der Waals surface area contributed by atoms with Crippen molar-refractivity contribution in [1.29, 1.82) is 0 Å². The van der Waals surface area contributed by atoms with E-state index in [2.05, 4.69) is 22.4 Å². The number of aliphatic hydroxyl groups is 1. The van der Waals surface area contributed by atoms with Gasteiger partial charge in [0.25, 0.3) is 0 Å². The molecule has 0 unspecified atom stereocenters. The predicted octanol–water partition coefficient (Wildman–Crippen LogP) is 1.95. The Morgan fingerprint density at radius 3 is 2.69 bits per heavy atom. The van der Waals surface area contributed by atoms with Crippen LogP contribution in [0.25, 0.3) is 0 Å². The molecule has 0 amide bonds. The largest absolute Gasteiger partial charge is 0.394 e. The quantitative estimate of drug-likeness (QED) is 0.801. The zero-order chi connectivity index (χ0) is 9.90. The van der Waals surface area contributed by atoms with Crippen LogP contribution in [0.5, 0.6) is 0 Å². The van der Waals surface area contributed by atoms with Gasteiger partial charge in [-0.05, 0) is 32.3 Å². The SMILES string of the molecule is CN(Cc1cccs1)C(C)(C)CO. The van der Waals surface area contributed by atoms with Gasteiger partial charge in [-0.15, -0.1) is 11.3 Å². The van der Waals surface area contributed by atoms with Gasteiger partial charge in [0, 0.05) is 17.0 Å². The molecule has 1 aromatic rings. The topological polar surface area (TPSA) is 23.5 Å². The molecule has 0 saturated heterocycles. The van der Waals surface area contributed by atoms with Gasteiger partial charge in [-0.3, -0.25) is 4.90 Å². The molecule has 0 atom stereocenters. The smallest absolute Gasteiger partial charge is 0.0610 e. The minimum absolute atomic E-state index is 0.135. The fourth-order valence-electron chi connectivity index (χ4n) is 0.971. The van der Waals surface area contributed by atoms with Crippen LogP contribution in [-0.4, -0.2) is 29.2 Å². The van der Waals surface area contributed by atoms with Crippen molar-refractivity contribution in [1.82, 2.24) is 4.90 Å². The molecule has 1 rings (SSSR count). The third-order valence-corrected chi connectivity index (χ3v) is 3.25. The molecule has 74 valence electrons. The normalized spacial score (nSPS) is 12.4. The maximum Gasteiger partial charge on any atom is 0.0610 e. The molecule has 1 heterocycles. The van der Waals surface area contributed by atoms with Crippen molar-refractivity contribution in [2.75, 3.05) is 13.7 Å². The lowest BCUT2D eigenvalue weighted by atomic mass is 10.1. The van der Waals surface area contributed by atoms with E-state index in [1.54, 1.807) is 11.3 Å². The number of hydrogen-bond donors (Lipinski definition) is 1. The van der Waals surface area contributed by atoms with Gasteiger partial charge in [-0.1, -0.05) is 6.07 Å². The number of hydrogen-bond acceptors (Lipinski definition) is 3. The summed E-state index contributed by atoms with van der Waals surface area (Å²) in [6.45, 7) is 5.18. The lowest BCUT2D eigenvalue weighted by molar-refractivity contribution is 0.0741. The van der Waals surface area contributed by atoms with E-state index >= 15 is 0 Å². The minimum Gasteiger partial charge on any atom is -0.394 e. The Labute approximate surface area is 83.8 Å². The van der Waals surface area contributed by atoms with Crippen molar-refractivity contribution >= 4 is 11.3 Å². The first-order chi connectivity index (χ1) is 6.06. The van der Waals surface area contributed by atoms with E-state index in [-0.39, 0.29) is 12.1 Å². The highest BCUT2D eigenvalue weighted by Crippen LogP contribution is 2.17. The summed E-state index contributed by atoms with van der Waals surface area (Å²) in [6.07, 6.45) is 0. The Hall–Kier alpha value is -0.380. The van der Waals surface area contributed by atoms with E-state index in [1.165, 1.54) is 4.88 Å². The second-order valence-corrected chi connectivity index (χ2v) is 4.94. The Morgan fingerprint density at radius 2 is 2.23 bits per heavy atom. The first-order valence-corrected chi connectivity index (χ1v) is 5.29. The minimum atomic E-state index is -0.135. The van der Waals surface area contributed by atoms with E-state index in [1.807, 2.05) is 20.9 Å². The average Bonchev–Trinajstić information content (AvgIpc) is 2.57. The summed E-state index contributed by atoms with van der Waals surface area (Å²) in [4.78, 5) is 3.50. The molecule has 2 nitrogen and oxygen atoms in total. The monoisotopic (exact) mass is 199 g/mol. The lowest BCUT2D eigenvalue weighted by Gasteiger charge is -2.33. The van der Waals surface area contributed by atoms with Gasteiger partial charge in [0.05, 0.1) is 6.61 Å². The number of likely N-dealkylation sites (N-methyl/N-ethyl adjacent to an activating group) is 1. The van der Waals surface area contributed by atoms with E-state index in [0.717, 1.165) is 6.54 Å². The number of nitrogens with zero attached hydrogens (tertiary/aromatic N) is 1. The van der Waals surface area contributed by atoms with Crippen LogP contribution in [0.4, 0.5) is 0 Å². The van der Waals surface area contributed by atoms with Gasteiger partial charge in [-0.2, -0.15) is 0 Å². The van der Waals surface area contributed by atoms with Crippen LogP contribution in [0.1, 0.15) is 18.7 Å². The summed E-state index contributed by atoms with van der Waals surface area (Å²) < 4.78 is 0. The highest BCUT2D eigenvalue weighted by atomic mass is 32.1. The van der Waals surface area contributed by atoms with E-state index in [4.69, 9.17) is 5.11 Å². The van der Waals surface area contributed by atoms with Crippen molar-refractivity contribution in [3.05, 3.63) is 22.4 Å². The Morgan fingerprint density at radius 1 is 1.54 bits per heavy atom. The third-order valence-electron chi connectivity index (χ3n) is 2.39. The zero-order valence-electron chi connectivity index (χ0n) is 8.45. The Balaban J connectivity index is 2.55. The molecule has 0 saturated carbocycles. The van der Waals surface area contributed by atoms with Gasteiger partial charge in [0.1, 0.15) is 0 Å². The van der Waals surface area contributed by atoms with Crippen LogP contribution < -0.4 is 0 Å². The highest BCUT2D eigenvalue weighted by molar-refractivity contribution is 7.09. The molecule has 0 aliphatic rings. The average molecular weight is 199 g/mol. The van der Waals surface area contributed by atoms with Crippen molar-refractivity contribution in [3.63, 3.8) is 0 Å². The molecule has 0 spiro atoms. The van der Waals surface area contributed by atoms with Crippen molar-refractivity contribution in [2.24, 2.45) is 0 Å². The summed E-state index contributed by atoms with van der Waals surface area (Å²) in [6, 6.07) is 4.18. The molecule has 0 bridgehead atoms. The van der Waals surface area contributed by atoms with E-state index in [9.17, 15) is 0 Å². The van der Waals surface area contributed by atoms with E-state index in [0.29, 0.717) is 0 Å². The zero-order valence-corrected chi connectivity index (χ0v) is 9.27. The molecule has 1 N–H and O–H groups in total. The second-order valence-electron chi connectivity index (χ2n) is 3.91. The summed E-state index contributed by atoms with van der Waals surface area (Å²) in [5.74, 6) is 0. The van der Waals surface area contributed by atoms with Gasteiger partial charge in [0.15, 0.2) is 0 Å². The van der Waals surface area contributed by atoms with Crippen LogP contribution in [0.2, 0.25) is 0 Å². The van der Waals surface area contributed by atoms with Gasteiger partial charge < -0.3 is 5.11 Å². The van der Waals surface area contributed by atoms with Crippen LogP contribution in [0, 0.1) is 0 Å². The maximum atomic E-state index is 9.15. The van der Waals surface area contributed by atoms with Crippen molar-refractivity contribution in [3.8, 4) is 0 Å². The summed E-state index contributed by atoms with van der Waals surface area (Å²) in [5, 5.41) is 11.2. The molecule has 0 aromatic carbocycles. The van der Waals surface area contributed by atoms with Crippen molar-refractivity contribution < 1.29 is 5.11 Å². The second kappa shape index (κ2) is 4.22. The maximum absolute atomic E-state index is 9.15. The molecular formula is C10H17NOS. The summed E-state index contributed by atoms with van der Waals surface area (Å²) in [5.41, 5.74) is -0.135. The molecule has 0 aliphatic heterocycles. The summed E-state index contributed by atoms with van der Waals surface area (Å²) in [7, 11) is 2.04. The molecule has 3 heteroatoms. The first-order valence-electron chi connectivity index (χ1n) is 4.41. The Bertz CT molecular complexity index is 243. The number of rotatable bonds is 4. The van der Waals surface area contributed by atoms with Crippen LogP contribution >= 0.6 is 11.3 Å². The fourth-order valence-corrected chi connectivity index (χ4v) is 1.73. The van der Waals surface area contributed by atoms with Crippen LogP contribution in [-0.2, 0) is 6.54 Å². The number of aliphatic hydroxyl groups excluding tert-OH is 1. The van der Waals surface area contributed by atoms with Crippen LogP contribution in [0.15, 0.2) is 17.5 Å². The molecular weight excluding hydrogens is 182 g/mol. The molecule has 0 aliphatic carbocycles. The van der Waals surface area contributed by atoms with Gasteiger partial charge in [0.2, 0.25) is 0 Å². The molecule has 13 heavy (non-hydrogen) atoms. The summed E-state index contributed by atoms with van der Waals surface area (Å²) >= 11 is 1.75. The Kier molecular flexibility index (Phi) is 3.47. The standard InChI is InChI=1S/C10H17NOS/c1-10(2,8-12)11(3)7-9-5-4-6-13-9/h4-6,12H,7-8H2,1-3H3. The highest BCUT2D eigenvalue weighted by Gasteiger charge is 2.22. The molecule has 1 aromatic heterocycles. The fraction of sp³-hybridized carbons (Fsp3) is 0.600. The van der Waals surface area contributed by atoms with Gasteiger partial charge in [-0.25, -0.2) is 0 Å². The third kappa shape index (κ3) is 2.79. The van der Waals surface area contributed by atoms with Gasteiger partial charge >= 0.3 is 0 Å². The van der Waals surface area contributed by atoms with Crippen LogP contribution in [0.3, 0.4) is 0 Å². The molecule has 0 fully saturated rings. The number of thiophene rings is 1. The van der Waals surface area contributed by atoms with Crippen molar-refractivity contribution in [2.45, 2.75) is 25.9 Å². The molecule has 0 radical (unpaired) electrons. The first kappa shape index (κ1) is 10.7. The lowest BCUT2D eigenvalue weighted by Crippen LogP contribution is -2.43. The van der Waals surface area contributed by atoms with E-state index < -0.39 is 0 Å². The predicted molar refractivity (Wildman–Crippen MR) is 57.0 cm³/mol.